The Morgan fingerprint density at radius 3 is 2.67 bits per heavy atom. The van der Waals surface area contributed by atoms with E-state index in [9.17, 15) is 0 Å². The van der Waals surface area contributed by atoms with Gasteiger partial charge in [0.05, 0.1) is 0 Å². The van der Waals surface area contributed by atoms with Gasteiger partial charge in [0, 0.05) is 18.5 Å². The monoisotopic (exact) mass is 234 g/mol. The van der Waals surface area contributed by atoms with Crippen molar-refractivity contribution in [1.82, 2.24) is 0 Å². The van der Waals surface area contributed by atoms with Gasteiger partial charge in [0.25, 0.3) is 0 Å². The third-order valence-corrected chi connectivity index (χ3v) is 3.78. The molecule has 0 aliphatic carbocycles. The molecule has 0 aromatic rings. The van der Waals surface area contributed by atoms with E-state index >= 15 is 0 Å². The number of hydrogen-bond acceptors (Lipinski definition) is 1. The van der Waals surface area contributed by atoms with Crippen LogP contribution in [0, 0.1) is 11.8 Å². The summed E-state index contributed by atoms with van der Waals surface area (Å²) in [5.74, 6) is 1.79. The lowest BCUT2D eigenvalue weighted by Crippen LogP contribution is -2.16. The van der Waals surface area contributed by atoms with Gasteiger partial charge < -0.3 is 4.74 Å². The van der Waals surface area contributed by atoms with E-state index < -0.39 is 0 Å². The molecule has 0 aromatic heterocycles. The largest absolute Gasteiger partial charge is 0.381 e. The molecular formula is C10H19BrO. The Labute approximate surface area is 84.0 Å². The Morgan fingerprint density at radius 2 is 2.08 bits per heavy atom. The lowest BCUT2D eigenvalue weighted by atomic mass is 9.92. The van der Waals surface area contributed by atoms with Crippen molar-refractivity contribution in [3.05, 3.63) is 0 Å². The summed E-state index contributed by atoms with van der Waals surface area (Å²) >= 11 is 3.52. The Hall–Kier alpha value is 0.440. The molecule has 1 fully saturated rings. The standard InChI is InChI=1S/C10H19BrO/c1-9(8-11)2-3-10-4-6-12-7-5-10/h9-10H,2-8H2,1H3. The molecule has 0 N–H and O–H groups in total. The van der Waals surface area contributed by atoms with Crippen molar-refractivity contribution in [2.24, 2.45) is 11.8 Å². The highest BCUT2D eigenvalue weighted by Crippen LogP contribution is 2.22. The quantitative estimate of drug-likeness (QED) is 0.680. The van der Waals surface area contributed by atoms with Gasteiger partial charge in [0.2, 0.25) is 0 Å². The SMILES string of the molecule is CC(CBr)CCC1CCOCC1. The molecule has 1 nitrogen and oxygen atoms in total. The van der Waals surface area contributed by atoms with Gasteiger partial charge in [-0.2, -0.15) is 0 Å². The minimum absolute atomic E-state index is 0.841. The Balaban J connectivity index is 2.05. The zero-order chi connectivity index (χ0) is 8.81. The number of rotatable bonds is 4. The highest BCUT2D eigenvalue weighted by molar-refractivity contribution is 9.09. The summed E-state index contributed by atoms with van der Waals surface area (Å²) in [5, 5.41) is 1.15. The van der Waals surface area contributed by atoms with E-state index in [0.717, 1.165) is 30.4 Å². The Kier molecular flexibility index (Phi) is 5.24. The molecule has 0 spiro atoms. The van der Waals surface area contributed by atoms with Crippen molar-refractivity contribution < 1.29 is 4.74 Å². The summed E-state index contributed by atoms with van der Waals surface area (Å²) in [6.45, 7) is 4.30. The molecule has 12 heavy (non-hydrogen) atoms. The first-order valence-electron chi connectivity index (χ1n) is 4.96. The predicted octanol–water partition coefficient (Wildman–Crippen LogP) is 3.22. The molecule has 0 radical (unpaired) electrons. The van der Waals surface area contributed by atoms with Crippen LogP contribution in [-0.4, -0.2) is 18.5 Å². The van der Waals surface area contributed by atoms with Crippen LogP contribution in [0.15, 0.2) is 0 Å². The summed E-state index contributed by atoms with van der Waals surface area (Å²) < 4.78 is 5.32. The third-order valence-electron chi connectivity index (χ3n) is 2.67. The molecule has 2 heteroatoms. The summed E-state index contributed by atoms with van der Waals surface area (Å²) in [4.78, 5) is 0. The van der Waals surface area contributed by atoms with Gasteiger partial charge in [0.1, 0.15) is 0 Å². The first kappa shape index (κ1) is 10.5. The van der Waals surface area contributed by atoms with Crippen molar-refractivity contribution in [3.8, 4) is 0 Å². The maximum absolute atomic E-state index is 5.32. The number of hydrogen-bond donors (Lipinski definition) is 0. The van der Waals surface area contributed by atoms with Gasteiger partial charge in [-0.1, -0.05) is 22.9 Å². The minimum atomic E-state index is 0.841. The van der Waals surface area contributed by atoms with Crippen LogP contribution >= 0.6 is 15.9 Å². The molecule has 1 saturated heterocycles. The summed E-state index contributed by atoms with van der Waals surface area (Å²) in [6, 6.07) is 0. The Morgan fingerprint density at radius 1 is 1.42 bits per heavy atom. The van der Waals surface area contributed by atoms with Crippen molar-refractivity contribution in [2.75, 3.05) is 18.5 Å². The van der Waals surface area contributed by atoms with Crippen molar-refractivity contribution in [3.63, 3.8) is 0 Å². The number of halogens is 1. The van der Waals surface area contributed by atoms with Crippen LogP contribution < -0.4 is 0 Å². The second kappa shape index (κ2) is 5.98. The van der Waals surface area contributed by atoms with E-state index in [1.54, 1.807) is 0 Å². The second-order valence-electron chi connectivity index (χ2n) is 3.89. The number of alkyl halides is 1. The molecule has 1 aliphatic heterocycles. The lowest BCUT2D eigenvalue weighted by molar-refractivity contribution is 0.0623. The maximum Gasteiger partial charge on any atom is 0.0468 e. The van der Waals surface area contributed by atoms with E-state index in [0.29, 0.717) is 0 Å². The molecule has 1 rings (SSSR count). The molecule has 1 atom stereocenters. The average Bonchev–Trinajstić information content (AvgIpc) is 2.16. The Bertz CT molecular complexity index is 110. The van der Waals surface area contributed by atoms with E-state index in [4.69, 9.17) is 4.74 Å². The molecule has 0 bridgehead atoms. The molecule has 0 saturated carbocycles. The van der Waals surface area contributed by atoms with E-state index in [2.05, 4.69) is 22.9 Å². The van der Waals surface area contributed by atoms with Gasteiger partial charge in [-0.15, -0.1) is 0 Å². The molecule has 0 aromatic carbocycles. The molecule has 72 valence electrons. The summed E-state index contributed by atoms with van der Waals surface area (Å²) in [7, 11) is 0. The van der Waals surface area contributed by atoms with Crippen LogP contribution in [0.5, 0.6) is 0 Å². The van der Waals surface area contributed by atoms with Crippen molar-refractivity contribution in [2.45, 2.75) is 32.6 Å². The smallest absolute Gasteiger partial charge is 0.0468 e. The first-order valence-corrected chi connectivity index (χ1v) is 6.08. The van der Waals surface area contributed by atoms with Gasteiger partial charge >= 0.3 is 0 Å². The zero-order valence-corrected chi connectivity index (χ0v) is 9.48. The van der Waals surface area contributed by atoms with Gasteiger partial charge in [-0.25, -0.2) is 0 Å². The maximum atomic E-state index is 5.32. The van der Waals surface area contributed by atoms with Crippen LogP contribution in [0.3, 0.4) is 0 Å². The van der Waals surface area contributed by atoms with E-state index in [1.807, 2.05) is 0 Å². The normalized spacial score (nSPS) is 22.5. The van der Waals surface area contributed by atoms with Crippen LogP contribution in [0.2, 0.25) is 0 Å². The molecule has 1 heterocycles. The fourth-order valence-electron chi connectivity index (χ4n) is 1.63. The van der Waals surface area contributed by atoms with Gasteiger partial charge in [0.15, 0.2) is 0 Å². The fraction of sp³-hybridized carbons (Fsp3) is 1.00. The second-order valence-corrected chi connectivity index (χ2v) is 4.54. The van der Waals surface area contributed by atoms with Crippen molar-refractivity contribution >= 4 is 15.9 Å². The first-order chi connectivity index (χ1) is 5.83. The highest BCUT2D eigenvalue weighted by atomic mass is 79.9. The topological polar surface area (TPSA) is 9.23 Å². The zero-order valence-electron chi connectivity index (χ0n) is 7.89. The van der Waals surface area contributed by atoms with Crippen LogP contribution in [-0.2, 0) is 4.74 Å². The van der Waals surface area contributed by atoms with Crippen LogP contribution in [0.4, 0.5) is 0 Å². The summed E-state index contributed by atoms with van der Waals surface area (Å²) in [5.41, 5.74) is 0. The fourth-order valence-corrected chi connectivity index (χ4v) is 1.96. The number of ether oxygens (including phenoxy) is 1. The highest BCUT2D eigenvalue weighted by Gasteiger charge is 2.14. The minimum Gasteiger partial charge on any atom is -0.381 e. The summed E-state index contributed by atoms with van der Waals surface area (Å²) in [6.07, 6.45) is 5.34. The molecule has 1 aliphatic rings. The van der Waals surface area contributed by atoms with Crippen molar-refractivity contribution in [1.29, 1.82) is 0 Å². The molecule has 0 amide bonds. The molecule has 1 unspecified atom stereocenters. The van der Waals surface area contributed by atoms with Gasteiger partial charge in [-0.3, -0.25) is 0 Å². The average molecular weight is 235 g/mol. The van der Waals surface area contributed by atoms with Crippen LogP contribution in [0.1, 0.15) is 32.6 Å². The molecular weight excluding hydrogens is 216 g/mol. The van der Waals surface area contributed by atoms with Gasteiger partial charge in [-0.05, 0) is 37.5 Å². The van der Waals surface area contributed by atoms with E-state index in [-0.39, 0.29) is 0 Å². The predicted molar refractivity (Wildman–Crippen MR) is 55.7 cm³/mol. The third kappa shape index (κ3) is 3.90. The lowest BCUT2D eigenvalue weighted by Gasteiger charge is -2.22. The van der Waals surface area contributed by atoms with Crippen LogP contribution in [0.25, 0.3) is 0 Å². The van der Waals surface area contributed by atoms with E-state index in [1.165, 1.54) is 25.7 Å².